The third kappa shape index (κ3) is 4.84. The molecule has 186 valence electrons. The quantitative estimate of drug-likeness (QED) is 0.338. The first kappa shape index (κ1) is 31.9. The SMILES string of the molecule is CC(C)(C)[Si](C)([Si+]([Si](C)(C(C)(C)C)C(C)(C)C)[Si](C)(C(C)(C)C)C(C)(C)C)C(C)(C)C. The molecule has 4 heteroatoms. The molecule has 31 heavy (non-hydrogen) atoms. The van der Waals surface area contributed by atoms with Gasteiger partial charge in [0.1, 0.15) is 0 Å². The minimum absolute atomic E-state index is 0.398. The van der Waals surface area contributed by atoms with Crippen molar-refractivity contribution >= 4 is 30.1 Å². The lowest BCUT2D eigenvalue weighted by atomic mass is 10.2. The van der Waals surface area contributed by atoms with Crippen LogP contribution in [0.1, 0.15) is 125 Å². The summed E-state index contributed by atoms with van der Waals surface area (Å²) in [5.41, 5.74) is 0. The van der Waals surface area contributed by atoms with Crippen LogP contribution in [0.3, 0.4) is 0 Å². The Labute approximate surface area is 204 Å². The summed E-state index contributed by atoms with van der Waals surface area (Å²) in [6.07, 6.45) is 0. The van der Waals surface area contributed by atoms with E-state index in [4.69, 9.17) is 0 Å². The van der Waals surface area contributed by atoms with Crippen molar-refractivity contribution in [1.82, 2.24) is 0 Å². The van der Waals surface area contributed by atoms with E-state index in [2.05, 4.69) is 144 Å². The van der Waals surface area contributed by atoms with Crippen molar-refractivity contribution in [1.29, 1.82) is 0 Å². The summed E-state index contributed by atoms with van der Waals surface area (Å²) >= 11 is 0. The fourth-order valence-corrected chi connectivity index (χ4v) is 111. The van der Waals surface area contributed by atoms with Crippen LogP contribution in [0.15, 0.2) is 0 Å². The Morgan fingerprint density at radius 3 is 0.452 bits per heavy atom. The molecular weight excluding hydrogens is 437 g/mol. The molecule has 0 amide bonds. The van der Waals surface area contributed by atoms with E-state index >= 15 is 0 Å². The highest BCUT2D eigenvalue weighted by Gasteiger charge is 2.84. The predicted octanol–water partition coefficient (Wildman–Crippen LogP) is 10.8. The normalized spacial score (nSPS) is 16.5. The molecule has 0 N–H and O–H groups in total. The monoisotopic (exact) mass is 499 g/mol. The molecule has 0 aliphatic carbocycles. The molecule has 0 nitrogen and oxygen atoms in total. The molecule has 0 saturated carbocycles. The Morgan fingerprint density at radius 2 is 0.387 bits per heavy atom. The lowest BCUT2D eigenvalue weighted by Gasteiger charge is -2.62. The smallest absolute Gasteiger partial charge is 0.0601 e. The molecule has 0 unspecified atom stereocenters. The molecule has 0 radical (unpaired) electrons. The summed E-state index contributed by atoms with van der Waals surface area (Å²) in [4.78, 5) is 0. The van der Waals surface area contributed by atoms with Crippen molar-refractivity contribution in [3.8, 4) is 0 Å². The Balaban J connectivity index is 8.29. The van der Waals surface area contributed by atoms with Gasteiger partial charge in [-0.3, -0.25) is 0 Å². The zero-order valence-electron chi connectivity index (χ0n) is 26.0. The summed E-state index contributed by atoms with van der Waals surface area (Å²) in [5, 5.41) is 2.39. The maximum absolute atomic E-state index is 2.90. The summed E-state index contributed by atoms with van der Waals surface area (Å²) < 4.78 is 0. The molecule has 0 aromatic rings. The average molecular weight is 500 g/mol. The van der Waals surface area contributed by atoms with Crippen molar-refractivity contribution in [3.05, 3.63) is 0 Å². The average Bonchev–Trinajstić information content (AvgIpc) is 2.39. The first-order valence-electron chi connectivity index (χ1n) is 12.8. The standard InChI is InChI=1S/C27H63Si4/c1-22(2,3)29(19,23(4,5)6)28(30(20,24(7,8)9)25(10,11)12)31(21,26(13,14)15)27(16,17)18/h1-21H3/q+1. The molecular formula is C27H63Si4+. The third-order valence-corrected chi connectivity index (χ3v) is 81.0. The van der Waals surface area contributed by atoms with Crippen LogP contribution in [0, 0.1) is 0 Å². The zero-order valence-corrected chi connectivity index (χ0v) is 30.0. The van der Waals surface area contributed by atoms with E-state index in [1.807, 2.05) is 0 Å². The van der Waals surface area contributed by atoms with Crippen LogP contribution in [0.25, 0.3) is 0 Å². The molecule has 0 atom stereocenters. The molecule has 0 aromatic carbocycles. The van der Waals surface area contributed by atoms with Gasteiger partial charge in [0, 0.05) is 0 Å². The molecule has 0 aliphatic rings. The van der Waals surface area contributed by atoms with Gasteiger partial charge < -0.3 is 0 Å². The Morgan fingerprint density at radius 1 is 0.290 bits per heavy atom. The highest BCUT2D eigenvalue weighted by atomic mass is 29.9. The van der Waals surface area contributed by atoms with Gasteiger partial charge in [0.15, 0.2) is 7.35 Å². The van der Waals surface area contributed by atoms with Crippen LogP contribution in [-0.4, -0.2) is 30.1 Å². The second kappa shape index (κ2) is 8.22. The van der Waals surface area contributed by atoms with Gasteiger partial charge in [0.05, 0.1) is 0 Å². The van der Waals surface area contributed by atoms with Crippen LogP contribution in [-0.2, 0) is 0 Å². The number of hydrogen-bond donors (Lipinski definition) is 0. The predicted molar refractivity (Wildman–Crippen MR) is 159 cm³/mol. The molecule has 0 spiro atoms. The van der Waals surface area contributed by atoms with Crippen LogP contribution < -0.4 is 0 Å². The zero-order chi connectivity index (χ0) is 26.1. The second-order valence-electron chi connectivity index (χ2n) is 17.2. The van der Waals surface area contributed by atoms with Crippen LogP contribution in [0.4, 0.5) is 0 Å². The van der Waals surface area contributed by atoms with Crippen molar-refractivity contribution in [3.63, 3.8) is 0 Å². The minimum atomic E-state index is -1.77. The maximum atomic E-state index is 2.90. The molecule has 0 rings (SSSR count). The van der Waals surface area contributed by atoms with Crippen molar-refractivity contribution in [2.75, 3.05) is 0 Å². The van der Waals surface area contributed by atoms with Crippen LogP contribution in [0.2, 0.25) is 49.9 Å². The van der Waals surface area contributed by atoms with E-state index in [1.54, 1.807) is 0 Å². The highest BCUT2D eigenvalue weighted by molar-refractivity contribution is 7.84. The lowest BCUT2D eigenvalue weighted by molar-refractivity contribution is 0.617. The van der Waals surface area contributed by atoms with Gasteiger partial charge in [0.2, 0.25) is 22.8 Å². The highest BCUT2D eigenvalue weighted by Crippen LogP contribution is 2.67. The number of rotatable bonds is 3. The lowest BCUT2D eigenvalue weighted by Crippen LogP contribution is -2.87. The van der Waals surface area contributed by atoms with Gasteiger partial charge in [0.25, 0.3) is 0 Å². The maximum Gasteiger partial charge on any atom is 0.215 e. The summed E-state index contributed by atoms with van der Waals surface area (Å²) in [6, 6.07) is 0. The van der Waals surface area contributed by atoms with E-state index in [1.165, 1.54) is 0 Å². The van der Waals surface area contributed by atoms with Gasteiger partial charge in [-0.2, -0.15) is 0 Å². The summed E-state index contributed by atoms with van der Waals surface area (Å²) in [5.74, 6) is 0. The topological polar surface area (TPSA) is 0 Å². The molecule has 0 aliphatic heterocycles. The molecule has 0 fully saturated rings. The Kier molecular flexibility index (Phi) is 8.45. The summed E-state index contributed by atoms with van der Waals surface area (Å²) in [6.45, 7) is 56.1. The molecule has 0 aromatic heterocycles. The van der Waals surface area contributed by atoms with Crippen molar-refractivity contribution < 1.29 is 0 Å². The fourth-order valence-electron chi connectivity index (χ4n) is 7.12. The van der Waals surface area contributed by atoms with Crippen molar-refractivity contribution in [2.24, 2.45) is 0 Å². The third-order valence-electron chi connectivity index (χ3n) is 10.5. The van der Waals surface area contributed by atoms with Crippen LogP contribution >= 0.6 is 0 Å². The Hall–Kier alpha value is 0.868. The first-order chi connectivity index (χ1) is 12.9. The van der Waals surface area contributed by atoms with Gasteiger partial charge in [-0.05, 0) is 49.9 Å². The van der Waals surface area contributed by atoms with E-state index in [-0.39, 0.29) is 0 Å². The number of hydrogen-bond acceptors (Lipinski definition) is 0. The van der Waals surface area contributed by atoms with Crippen LogP contribution in [0.5, 0.6) is 0 Å². The molecule has 0 bridgehead atoms. The second-order valence-corrected chi connectivity index (χ2v) is 51.8. The summed E-state index contributed by atoms with van der Waals surface area (Å²) in [7, 11) is -5.98. The van der Waals surface area contributed by atoms with E-state index in [0.717, 1.165) is 0 Å². The molecule has 0 heterocycles. The van der Waals surface area contributed by atoms with E-state index in [0.29, 0.717) is 30.2 Å². The fraction of sp³-hybridized carbons (Fsp3) is 1.00. The minimum Gasteiger partial charge on any atom is -0.0601 e. The van der Waals surface area contributed by atoms with Gasteiger partial charge in [-0.1, -0.05) is 125 Å². The van der Waals surface area contributed by atoms with E-state index in [9.17, 15) is 0 Å². The van der Waals surface area contributed by atoms with Gasteiger partial charge in [-0.15, -0.1) is 0 Å². The first-order valence-corrected chi connectivity index (χ1v) is 24.8. The Bertz CT molecular complexity index is 487. The van der Waals surface area contributed by atoms with Crippen molar-refractivity contribution in [2.45, 2.75) is 174 Å². The largest absolute Gasteiger partial charge is 0.215 e. The van der Waals surface area contributed by atoms with Gasteiger partial charge in [-0.25, -0.2) is 0 Å². The van der Waals surface area contributed by atoms with Gasteiger partial charge >= 0.3 is 0 Å². The van der Waals surface area contributed by atoms with E-state index < -0.39 is 30.1 Å². The molecule has 0 saturated heterocycles.